The molecule has 0 aliphatic rings. The third-order valence-corrected chi connectivity index (χ3v) is 3.31. The van der Waals surface area contributed by atoms with E-state index in [2.05, 4.69) is 26.1 Å². The second-order valence-corrected chi connectivity index (χ2v) is 5.35. The van der Waals surface area contributed by atoms with E-state index in [9.17, 15) is 4.39 Å². The molecular weight excluding hydrogens is 213 g/mol. The van der Waals surface area contributed by atoms with Gasteiger partial charge in [-0.05, 0) is 55.5 Å². The van der Waals surface area contributed by atoms with Gasteiger partial charge in [0.2, 0.25) is 0 Å². The van der Waals surface area contributed by atoms with Crippen molar-refractivity contribution < 1.29 is 4.39 Å². The molecule has 2 heteroatoms. The fraction of sp³-hybridized carbons (Fsp3) is 0.600. The zero-order chi connectivity index (χ0) is 12.9. The average molecular weight is 237 g/mol. The maximum absolute atomic E-state index is 13.5. The minimum atomic E-state index is -0.0999. The summed E-state index contributed by atoms with van der Waals surface area (Å²) in [4.78, 5) is 0. The van der Waals surface area contributed by atoms with Gasteiger partial charge in [-0.3, -0.25) is 0 Å². The van der Waals surface area contributed by atoms with E-state index in [0.29, 0.717) is 5.56 Å². The van der Waals surface area contributed by atoms with Crippen LogP contribution in [0.15, 0.2) is 18.2 Å². The number of halogens is 1. The Morgan fingerprint density at radius 2 is 1.94 bits per heavy atom. The maximum Gasteiger partial charge on any atom is 0.126 e. The normalized spacial score (nSPS) is 11.8. The van der Waals surface area contributed by atoms with Gasteiger partial charge in [-0.25, -0.2) is 4.39 Å². The number of benzene rings is 1. The van der Waals surface area contributed by atoms with Gasteiger partial charge in [0.15, 0.2) is 0 Å². The van der Waals surface area contributed by atoms with Gasteiger partial charge in [0.25, 0.3) is 0 Å². The largest absolute Gasteiger partial charge is 0.317 e. The molecule has 0 aliphatic carbocycles. The van der Waals surface area contributed by atoms with Crippen molar-refractivity contribution in [2.24, 2.45) is 0 Å². The molecule has 17 heavy (non-hydrogen) atoms. The van der Waals surface area contributed by atoms with E-state index in [1.165, 1.54) is 0 Å². The molecule has 1 N–H and O–H groups in total. The van der Waals surface area contributed by atoms with Crippen LogP contribution in [0.4, 0.5) is 4.39 Å². The Bertz CT molecular complexity index is 358. The zero-order valence-electron chi connectivity index (χ0n) is 11.4. The van der Waals surface area contributed by atoms with Crippen LogP contribution in [0.25, 0.3) is 0 Å². The summed E-state index contributed by atoms with van der Waals surface area (Å²) in [5.41, 5.74) is 1.82. The number of nitrogens with one attached hydrogen (secondary N) is 1. The van der Waals surface area contributed by atoms with Crippen molar-refractivity contribution in [2.75, 3.05) is 13.1 Å². The molecule has 0 aliphatic heterocycles. The zero-order valence-corrected chi connectivity index (χ0v) is 11.4. The first-order chi connectivity index (χ1) is 7.97. The van der Waals surface area contributed by atoms with E-state index in [4.69, 9.17) is 0 Å². The second kappa shape index (κ2) is 6.15. The van der Waals surface area contributed by atoms with Gasteiger partial charge in [-0.2, -0.15) is 0 Å². The molecule has 0 fully saturated rings. The van der Waals surface area contributed by atoms with Crippen LogP contribution in [0.3, 0.4) is 0 Å². The van der Waals surface area contributed by atoms with Gasteiger partial charge in [-0.1, -0.05) is 32.9 Å². The SMILES string of the molecule is CCCNCCC(C)(C)c1ccc(C)c(F)c1. The van der Waals surface area contributed by atoms with Gasteiger partial charge in [0, 0.05) is 0 Å². The molecule has 0 unspecified atom stereocenters. The first-order valence-electron chi connectivity index (χ1n) is 6.44. The van der Waals surface area contributed by atoms with E-state index in [1.54, 1.807) is 13.0 Å². The predicted octanol–water partition coefficient (Wildman–Crippen LogP) is 3.80. The molecule has 0 saturated heterocycles. The van der Waals surface area contributed by atoms with Crippen LogP contribution in [-0.2, 0) is 5.41 Å². The van der Waals surface area contributed by atoms with Crippen molar-refractivity contribution in [3.63, 3.8) is 0 Å². The first-order valence-corrected chi connectivity index (χ1v) is 6.44. The summed E-state index contributed by atoms with van der Waals surface area (Å²) in [5, 5.41) is 3.39. The predicted molar refractivity (Wildman–Crippen MR) is 71.9 cm³/mol. The van der Waals surface area contributed by atoms with Crippen LogP contribution < -0.4 is 5.32 Å². The summed E-state index contributed by atoms with van der Waals surface area (Å²) in [6.45, 7) is 10.3. The molecule has 0 radical (unpaired) electrons. The summed E-state index contributed by atoms with van der Waals surface area (Å²) < 4.78 is 13.5. The standard InChI is InChI=1S/C15H24FN/c1-5-9-17-10-8-15(3,4)13-7-6-12(2)14(16)11-13/h6-7,11,17H,5,8-10H2,1-4H3. The van der Waals surface area contributed by atoms with Crippen molar-refractivity contribution in [3.05, 3.63) is 35.1 Å². The smallest absolute Gasteiger partial charge is 0.126 e. The molecule has 0 atom stereocenters. The topological polar surface area (TPSA) is 12.0 Å². The molecule has 1 aromatic carbocycles. The molecule has 0 heterocycles. The number of hydrogen-bond donors (Lipinski definition) is 1. The van der Waals surface area contributed by atoms with Gasteiger partial charge in [-0.15, -0.1) is 0 Å². The highest BCUT2D eigenvalue weighted by Crippen LogP contribution is 2.27. The Balaban J connectivity index is 2.64. The molecule has 1 aromatic rings. The van der Waals surface area contributed by atoms with Crippen molar-refractivity contribution in [1.82, 2.24) is 5.32 Å². The Kier molecular flexibility index (Phi) is 5.13. The third-order valence-electron chi connectivity index (χ3n) is 3.31. The monoisotopic (exact) mass is 237 g/mol. The molecule has 0 saturated carbocycles. The number of hydrogen-bond acceptors (Lipinski definition) is 1. The molecule has 0 bridgehead atoms. The third kappa shape index (κ3) is 4.12. The van der Waals surface area contributed by atoms with Crippen molar-refractivity contribution in [1.29, 1.82) is 0 Å². The van der Waals surface area contributed by atoms with E-state index in [1.807, 2.05) is 12.1 Å². The number of rotatable bonds is 6. The fourth-order valence-corrected chi connectivity index (χ4v) is 1.86. The van der Waals surface area contributed by atoms with Gasteiger partial charge in [0.05, 0.1) is 0 Å². The average Bonchev–Trinajstić information content (AvgIpc) is 2.28. The quantitative estimate of drug-likeness (QED) is 0.742. The summed E-state index contributed by atoms with van der Waals surface area (Å²) in [6, 6.07) is 5.58. The van der Waals surface area contributed by atoms with Crippen molar-refractivity contribution in [3.8, 4) is 0 Å². The van der Waals surface area contributed by atoms with Gasteiger partial charge in [0.1, 0.15) is 5.82 Å². The molecular formula is C15H24FN. The van der Waals surface area contributed by atoms with E-state index in [0.717, 1.165) is 31.5 Å². The van der Waals surface area contributed by atoms with Gasteiger partial charge >= 0.3 is 0 Å². The maximum atomic E-state index is 13.5. The van der Waals surface area contributed by atoms with E-state index < -0.39 is 0 Å². The molecule has 0 spiro atoms. The van der Waals surface area contributed by atoms with Crippen LogP contribution in [-0.4, -0.2) is 13.1 Å². The van der Waals surface area contributed by atoms with E-state index >= 15 is 0 Å². The lowest BCUT2D eigenvalue weighted by Crippen LogP contribution is -2.26. The molecule has 0 aromatic heterocycles. The summed E-state index contributed by atoms with van der Waals surface area (Å²) in [5.74, 6) is -0.0999. The Morgan fingerprint density at radius 1 is 1.24 bits per heavy atom. The Labute approximate surface area is 104 Å². The van der Waals surface area contributed by atoms with Crippen molar-refractivity contribution >= 4 is 0 Å². The lowest BCUT2D eigenvalue weighted by atomic mass is 9.81. The van der Waals surface area contributed by atoms with E-state index in [-0.39, 0.29) is 11.2 Å². The second-order valence-electron chi connectivity index (χ2n) is 5.35. The summed E-state index contributed by atoms with van der Waals surface area (Å²) in [6.07, 6.45) is 2.18. The molecule has 0 amide bonds. The van der Waals surface area contributed by atoms with Crippen LogP contribution in [0.5, 0.6) is 0 Å². The highest BCUT2D eigenvalue weighted by molar-refractivity contribution is 5.28. The molecule has 96 valence electrons. The van der Waals surface area contributed by atoms with Crippen LogP contribution in [0.2, 0.25) is 0 Å². The van der Waals surface area contributed by atoms with Crippen LogP contribution >= 0.6 is 0 Å². The summed E-state index contributed by atoms with van der Waals surface area (Å²) >= 11 is 0. The lowest BCUT2D eigenvalue weighted by molar-refractivity contribution is 0.454. The Morgan fingerprint density at radius 3 is 2.53 bits per heavy atom. The lowest BCUT2D eigenvalue weighted by Gasteiger charge is -2.25. The van der Waals surface area contributed by atoms with Crippen molar-refractivity contribution in [2.45, 2.75) is 46.0 Å². The molecule has 1 nitrogen and oxygen atoms in total. The first kappa shape index (κ1) is 14.2. The highest BCUT2D eigenvalue weighted by Gasteiger charge is 2.20. The fourth-order valence-electron chi connectivity index (χ4n) is 1.86. The highest BCUT2D eigenvalue weighted by atomic mass is 19.1. The summed E-state index contributed by atoms with van der Waals surface area (Å²) in [7, 11) is 0. The van der Waals surface area contributed by atoms with Crippen LogP contribution in [0.1, 0.15) is 44.7 Å². The van der Waals surface area contributed by atoms with Gasteiger partial charge < -0.3 is 5.32 Å². The van der Waals surface area contributed by atoms with Crippen LogP contribution in [0, 0.1) is 12.7 Å². The Hall–Kier alpha value is -0.890. The minimum absolute atomic E-state index is 0.0231. The minimum Gasteiger partial charge on any atom is -0.317 e. The molecule has 1 rings (SSSR count). The number of aryl methyl sites for hydroxylation is 1.